The van der Waals surface area contributed by atoms with E-state index < -0.39 is 0 Å². The maximum atomic E-state index is 12.2. The summed E-state index contributed by atoms with van der Waals surface area (Å²) in [6.07, 6.45) is 2.88. The molecule has 3 aromatic rings. The minimum absolute atomic E-state index is 0.203. The first kappa shape index (κ1) is 18.4. The molecule has 0 unspecified atom stereocenters. The number of aromatic nitrogens is 2. The lowest BCUT2D eigenvalue weighted by atomic mass is 10.1. The fourth-order valence-corrected chi connectivity index (χ4v) is 3.49. The highest BCUT2D eigenvalue weighted by Gasteiger charge is 2.12. The van der Waals surface area contributed by atoms with Crippen molar-refractivity contribution in [2.75, 3.05) is 6.26 Å². The molecule has 0 bridgehead atoms. The molecular weight excluding hydrogens is 344 g/mol. The van der Waals surface area contributed by atoms with Crippen molar-refractivity contribution in [3.05, 3.63) is 65.0 Å². The van der Waals surface area contributed by atoms with E-state index in [1.165, 1.54) is 11.8 Å². The molecule has 0 aliphatic rings. The van der Waals surface area contributed by atoms with Crippen LogP contribution in [-0.2, 0) is 22.6 Å². The van der Waals surface area contributed by atoms with Gasteiger partial charge in [0.2, 0.25) is 0 Å². The van der Waals surface area contributed by atoms with Crippen LogP contribution in [0.25, 0.3) is 10.8 Å². The molecule has 2 aromatic carbocycles. The third kappa shape index (κ3) is 4.22. The number of rotatable bonds is 6. The van der Waals surface area contributed by atoms with E-state index in [0.29, 0.717) is 19.4 Å². The lowest BCUT2D eigenvalue weighted by Crippen LogP contribution is -2.09. The summed E-state index contributed by atoms with van der Waals surface area (Å²) in [4.78, 5) is 21.1. The Bertz CT molecular complexity index is 912. The third-order valence-electron chi connectivity index (χ3n) is 4.43. The molecule has 4 nitrogen and oxygen atoms in total. The zero-order valence-corrected chi connectivity index (χ0v) is 16.1. The van der Waals surface area contributed by atoms with Crippen LogP contribution in [0.2, 0.25) is 0 Å². The molecule has 134 valence electrons. The zero-order chi connectivity index (χ0) is 18.5. The van der Waals surface area contributed by atoms with Gasteiger partial charge in [0, 0.05) is 17.8 Å². The highest BCUT2D eigenvalue weighted by Crippen LogP contribution is 2.20. The summed E-state index contributed by atoms with van der Waals surface area (Å²) in [6.45, 7) is 4.22. The predicted molar refractivity (Wildman–Crippen MR) is 105 cm³/mol. The highest BCUT2D eigenvalue weighted by atomic mass is 32.2. The predicted octanol–water partition coefficient (Wildman–Crippen LogP) is 4.64. The molecule has 1 heterocycles. The fourth-order valence-electron chi connectivity index (χ4n) is 3.04. The van der Waals surface area contributed by atoms with E-state index in [1.807, 2.05) is 44.4 Å². The topological polar surface area (TPSA) is 52.1 Å². The van der Waals surface area contributed by atoms with Crippen molar-refractivity contribution in [2.24, 2.45) is 0 Å². The van der Waals surface area contributed by atoms with Crippen LogP contribution in [0.3, 0.4) is 0 Å². The normalized spacial score (nSPS) is 10.9. The minimum atomic E-state index is -0.203. The monoisotopic (exact) mass is 366 g/mol. The van der Waals surface area contributed by atoms with Crippen LogP contribution in [0.5, 0.6) is 0 Å². The van der Waals surface area contributed by atoms with E-state index in [9.17, 15) is 4.79 Å². The number of ether oxygens (including phenoxy) is 1. The van der Waals surface area contributed by atoms with Gasteiger partial charge in [-0.1, -0.05) is 54.2 Å². The molecule has 0 N–H and O–H groups in total. The molecule has 3 rings (SSSR count). The third-order valence-corrected chi connectivity index (χ3v) is 4.98. The summed E-state index contributed by atoms with van der Waals surface area (Å²) in [5.41, 5.74) is 3.92. The van der Waals surface area contributed by atoms with Gasteiger partial charge < -0.3 is 4.74 Å². The van der Waals surface area contributed by atoms with E-state index in [2.05, 4.69) is 28.2 Å². The standard InChI is InChI=1S/C21H22N2O2S/c1-14-18(15(2)23-21(22-14)26-3)11-12-20(24)25-13-17-9-6-8-16-7-4-5-10-19(16)17/h4-10H,11-13H2,1-3H3. The van der Waals surface area contributed by atoms with Gasteiger partial charge in [-0.05, 0) is 48.4 Å². The summed E-state index contributed by atoms with van der Waals surface area (Å²) < 4.78 is 5.50. The smallest absolute Gasteiger partial charge is 0.306 e. The van der Waals surface area contributed by atoms with Gasteiger partial charge in [0.25, 0.3) is 0 Å². The minimum Gasteiger partial charge on any atom is -0.461 e. The second kappa shape index (κ2) is 8.32. The van der Waals surface area contributed by atoms with E-state index in [0.717, 1.165) is 38.4 Å². The quantitative estimate of drug-likeness (QED) is 0.361. The average molecular weight is 366 g/mol. The maximum absolute atomic E-state index is 12.2. The van der Waals surface area contributed by atoms with Gasteiger partial charge in [0.05, 0.1) is 0 Å². The van der Waals surface area contributed by atoms with Crippen molar-refractivity contribution in [2.45, 2.75) is 38.5 Å². The van der Waals surface area contributed by atoms with Crippen LogP contribution >= 0.6 is 11.8 Å². The van der Waals surface area contributed by atoms with Crippen LogP contribution in [0.1, 0.15) is 28.9 Å². The number of carbonyl (C=O) groups is 1. The average Bonchev–Trinajstić information content (AvgIpc) is 2.65. The van der Waals surface area contributed by atoms with Crippen molar-refractivity contribution < 1.29 is 9.53 Å². The Morgan fingerprint density at radius 3 is 2.46 bits per heavy atom. The Labute approximate surface area is 158 Å². The van der Waals surface area contributed by atoms with Crippen molar-refractivity contribution in [3.8, 4) is 0 Å². The Kier molecular flexibility index (Phi) is 5.89. The van der Waals surface area contributed by atoms with Crippen molar-refractivity contribution in [1.29, 1.82) is 0 Å². The zero-order valence-electron chi connectivity index (χ0n) is 15.3. The Morgan fingerprint density at radius 1 is 1.04 bits per heavy atom. The fraction of sp³-hybridized carbons (Fsp3) is 0.286. The molecule has 0 amide bonds. The molecular formula is C21H22N2O2S. The molecule has 0 radical (unpaired) electrons. The maximum Gasteiger partial charge on any atom is 0.306 e. The second-order valence-corrected chi connectivity index (χ2v) is 6.93. The molecule has 0 aliphatic heterocycles. The molecule has 0 fully saturated rings. The lowest BCUT2D eigenvalue weighted by Gasteiger charge is -2.11. The molecule has 1 aromatic heterocycles. The molecule has 0 saturated heterocycles. The van der Waals surface area contributed by atoms with Gasteiger partial charge >= 0.3 is 5.97 Å². The van der Waals surface area contributed by atoms with Gasteiger partial charge in [0.1, 0.15) is 6.61 Å². The van der Waals surface area contributed by atoms with Gasteiger partial charge in [-0.15, -0.1) is 0 Å². The van der Waals surface area contributed by atoms with Gasteiger partial charge in [0.15, 0.2) is 5.16 Å². The van der Waals surface area contributed by atoms with Crippen molar-refractivity contribution in [3.63, 3.8) is 0 Å². The summed E-state index contributed by atoms with van der Waals surface area (Å²) in [5, 5.41) is 3.04. The summed E-state index contributed by atoms with van der Waals surface area (Å²) in [6, 6.07) is 14.2. The van der Waals surface area contributed by atoms with Crippen molar-refractivity contribution in [1.82, 2.24) is 9.97 Å². The number of esters is 1. The summed E-state index contributed by atoms with van der Waals surface area (Å²) in [5.74, 6) is -0.203. The number of benzene rings is 2. The number of fused-ring (bicyclic) bond motifs is 1. The molecule has 5 heteroatoms. The van der Waals surface area contributed by atoms with Crippen molar-refractivity contribution >= 4 is 28.5 Å². The van der Waals surface area contributed by atoms with Gasteiger partial charge in [-0.25, -0.2) is 9.97 Å². The van der Waals surface area contributed by atoms with Crippen LogP contribution < -0.4 is 0 Å². The number of carbonyl (C=O) groups excluding carboxylic acids is 1. The van der Waals surface area contributed by atoms with E-state index in [-0.39, 0.29) is 5.97 Å². The first-order chi connectivity index (χ1) is 12.6. The van der Waals surface area contributed by atoms with Crippen LogP contribution in [0, 0.1) is 13.8 Å². The lowest BCUT2D eigenvalue weighted by molar-refractivity contribution is -0.144. The summed E-state index contributed by atoms with van der Waals surface area (Å²) >= 11 is 1.52. The van der Waals surface area contributed by atoms with Gasteiger partial charge in [-0.2, -0.15) is 0 Å². The Hall–Kier alpha value is -2.40. The van der Waals surface area contributed by atoms with E-state index in [1.54, 1.807) is 0 Å². The van der Waals surface area contributed by atoms with Crippen LogP contribution in [0.15, 0.2) is 47.6 Å². The van der Waals surface area contributed by atoms with Gasteiger partial charge in [-0.3, -0.25) is 4.79 Å². The Balaban J connectivity index is 1.61. The largest absolute Gasteiger partial charge is 0.461 e. The molecule has 0 spiro atoms. The SMILES string of the molecule is CSc1nc(C)c(CCC(=O)OCc2cccc3ccccc23)c(C)n1. The first-order valence-electron chi connectivity index (χ1n) is 8.59. The number of thioether (sulfide) groups is 1. The Morgan fingerprint density at radius 2 is 1.73 bits per heavy atom. The molecule has 0 aliphatic carbocycles. The second-order valence-electron chi connectivity index (χ2n) is 6.16. The number of nitrogens with zero attached hydrogens (tertiary/aromatic N) is 2. The molecule has 0 atom stereocenters. The molecule has 0 saturated carbocycles. The highest BCUT2D eigenvalue weighted by molar-refractivity contribution is 7.98. The number of hydrogen-bond acceptors (Lipinski definition) is 5. The van der Waals surface area contributed by atoms with Crippen LogP contribution in [0.4, 0.5) is 0 Å². The molecule has 26 heavy (non-hydrogen) atoms. The summed E-state index contributed by atoms with van der Waals surface area (Å²) in [7, 11) is 0. The van der Waals surface area contributed by atoms with Crippen LogP contribution in [-0.4, -0.2) is 22.2 Å². The number of aryl methyl sites for hydroxylation is 2. The first-order valence-corrected chi connectivity index (χ1v) is 9.81. The number of hydrogen-bond donors (Lipinski definition) is 0. The van der Waals surface area contributed by atoms with E-state index >= 15 is 0 Å². The van der Waals surface area contributed by atoms with E-state index in [4.69, 9.17) is 4.74 Å².